The molecule has 42 heavy (non-hydrogen) atoms. The first-order valence-electron chi connectivity index (χ1n) is 15.1. The van der Waals surface area contributed by atoms with Crippen molar-refractivity contribution in [2.75, 3.05) is 10.6 Å². The van der Waals surface area contributed by atoms with E-state index in [9.17, 15) is 19.2 Å². The monoisotopic (exact) mass is 578 g/mol. The van der Waals surface area contributed by atoms with Gasteiger partial charge in [0.15, 0.2) is 0 Å². The van der Waals surface area contributed by atoms with Crippen LogP contribution in [0.2, 0.25) is 0 Å². The number of anilines is 2. The van der Waals surface area contributed by atoms with Crippen LogP contribution in [0, 0.1) is 23.7 Å². The summed E-state index contributed by atoms with van der Waals surface area (Å²) in [6.07, 6.45) is 1.87. The molecule has 0 aliphatic rings. The lowest BCUT2D eigenvalue weighted by molar-refractivity contribution is -0.127. The normalized spacial score (nSPS) is 12.8. The lowest BCUT2D eigenvalue weighted by atomic mass is 10.0. The number of benzene rings is 2. The quantitative estimate of drug-likeness (QED) is 0.196. The van der Waals surface area contributed by atoms with Crippen LogP contribution < -0.4 is 21.3 Å². The van der Waals surface area contributed by atoms with E-state index in [0.717, 1.165) is 11.1 Å². The van der Waals surface area contributed by atoms with Crippen molar-refractivity contribution < 1.29 is 19.2 Å². The van der Waals surface area contributed by atoms with Crippen LogP contribution in [-0.2, 0) is 19.2 Å². The number of carbonyl (C=O) groups excluding carboxylic acids is 4. The highest BCUT2D eigenvalue weighted by Gasteiger charge is 2.23. The van der Waals surface area contributed by atoms with E-state index in [1.807, 2.05) is 104 Å². The first kappa shape index (κ1) is 34.5. The zero-order chi connectivity index (χ0) is 31.4. The molecule has 2 atom stereocenters. The number of amides is 4. The molecule has 0 spiro atoms. The van der Waals surface area contributed by atoms with Gasteiger partial charge in [-0.15, -0.1) is 0 Å². The van der Waals surface area contributed by atoms with Crippen LogP contribution >= 0.6 is 0 Å². The Bertz CT molecular complexity index is 1080. The predicted octanol–water partition coefficient (Wildman–Crippen LogP) is 6.38. The van der Waals surface area contributed by atoms with Gasteiger partial charge in [0.05, 0.1) is 0 Å². The summed E-state index contributed by atoms with van der Waals surface area (Å²) in [4.78, 5) is 50.6. The second kappa shape index (κ2) is 16.7. The number of hydrogen-bond acceptors (Lipinski definition) is 4. The number of carbonyl (C=O) groups is 4. The van der Waals surface area contributed by atoms with Crippen LogP contribution in [-0.4, -0.2) is 35.7 Å². The third kappa shape index (κ3) is 12.5. The highest BCUT2D eigenvalue weighted by molar-refractivity contribution is 5.98. The van der Waals surface area contributed by atoms with Crippen LogP contribution in [0.15, 0.2) is 48.5 Å². The fourth-order valence-corrected chi connectivity index (χ4v) is 4.60. The van der Waals surface area contributed by atoms with E-state index >= 15 is 0 Å². The Labute approximate surface area is 251 Å². The standard InChI is InChI=1S/C34H50N4O4/c1-21(2)17-29(37-31(39)19-23(5)6)33(41)35-27-13-9-25(10-14-27)26-11-15-28(16-12-26)36-34(42)30(18-22(3)4)38-32(40)20-24(7)8/h9-16,21-24,29-30H,17-20H2,1-8H3,(H,35,41)(H,36,42)(H,37,39)(H,38,40)/t29-,30?/m0/s1. The molecule has 2 aromatic rings. The first-order chi connectivity index (χ1) is 19.7. The van der Waals surface area contributed by atoms with E-state index in [4.69, 9.17) is 0 Å². The SMILES string of the molecule is CC(C)CC(=O)NC(CC(C)C)C(=O)Nc1ccc(-c2ccc(NC(=O)[C@H](CC(C)C)NC(=O)CC(C)C)cc2)cc1. The van der Waals surface area contributed by atoms with Crippen molar-refractivity contribution in [3.05, 3.63) is 48.5 Å². The third-order valence-corrected chi connectivity index (χ3v) is 6.54. The van der Waals surface area contributed by atoms with Crippen molar-refractivity contribution in [1.82, 2.24) is 10.6 Å². The molecular weight excluding hydrogens is 528 g/mol. The summed E-state index contributed by atoms with van der Waals surface area (Å²) in [5.74, 6) is 0.234. The first-order valence-corrected chi connectivity index (χ1v) is 15.1. The molecule has 0 aliphatic carbocycles. The molecule has 0 fully saturated rings. The van der Waals surface area contributed by atoms with Gasteiger partial charge in [-0.25, -0.2) is 0 Å². The average molecular weight is 579 g/mol. The average Bonchev–Trinajstić information content (AvgIpc) is 2.87. The molecule has 0 heterocycles. The maximum absolute atomic E-state index is 13.0. The summed E-state index contributed by atoms with van der Waals surface area (Å²) in [7, 11) is 0. The van der Waals surface area contributed by atoms with Gasteiger partial charge in [0.2, 0.25) is 23.6 Å². The largest absolute Gasteiger partial charge is 0.344 e. The van der Waals surface area contributed by atoms with Crippen LogP contribution in [0.3, 0.4) is 0 Å². The maximum Gasteiger partial charge on any atom is 0.246 e. The van der Waals surface area contributed by atoms with Gasteiger partial charge in [0, 0.05) is 24.2 Å². The Balaban J connectivity index is 2.04. The van der Waals surface area contributed by atoms with E-state index in [1.165, 1.54) is 0 Å². The number of rotatable bonds is 15. The summed E-state index contributed by atoms with van der Waals surface area (Å²) in [6, 6.07) is 13.8. The Kier molecular flexibility index (Phi) is 13.7. The van der Waals surface area contributed by atoms with Gasteiger partial charge in [-0.2, -0.15) is 0 Å². The van der Waals surface area contributed by atoms with Gasteiger partial charge in [-0.05, 0) is 71.9 Å². The molecule has 8 nitrogen and oxygen atoms in total. The smallest absolute Gasteiger partial charge is 0.246 e. The van der Waals surface area contributed by atoms with Crippen LogP contribution in [0.25, 0.3) is 11.1 Å². The molecule has 2 rings (SSSR count). The molecule has 230 valence electrons. The van der Waals surface area contributed by atoms with Gasteiger partial charge in [-0.3, -0.25) is 19.2 Å². The molecule has 0 saturated carbocycles. The summed E-state index contributed by atoms with van der Waals surface area (Å²) < 4.78 is 0. The van der Waals surface area contributed by atoms with E-state index in [0.29, 0.717) is 37.1 Å². The van der Waals surface area contributed by atoms with Gasteiger partial charge in [-0.1, -0.05) is 79.7 Å². The molecule has 8 heteroatoms. The Hall–Kier alpha value is -3.68. The zero-order valence-corrected chi connectivity index (χ0v) is 26.5. The highest BCUT2D eigenvalue weighted by Crippen LogP contribution is 2.24. The lowest BCUT2D eigenvalue weighted by Gasteiger charge is -2.21. The van der Waals surface area contributed by atoms with Crippen LogP contribution in [0.1, 0.15) is 81.1 Å². The van der Waals surface area contributed by atoms with E-state index in [1.54, 1.807) is 0 Å². The number of hydrogen-bond donors (Lipinski definition) is 4. The molecule has 0 radical (unpaired) electrons. The topological polar surface area (TPSA) is 116 Å². The molecule has 4 amide bonds. The summed E-state index contributed by atoms with van der Waals surface area (Å²) in [6.45, 7) is 16.0. The van der Waals surface area contributed by atoms with Crippen molar-refractivity contribution >= 4 is 35.0 Å². The Morgan fingerprint density at radius 2 is 0.810 bits per heavy atom. The molecule has 2 aromatic carbocycles. The highest BCUT2D eigenvalue weighted by atomic mass is 16.2. The van der Waals surface area contributed by atoms with E-state index in [-0.39, 0.29) is 47.3 Å². The summed E-state index contributed by atoms with van der Waals surface area (Å²) >= 11 is 0. The van der Waals surface area contributed by atoms with Crippen molar-refractivity contribution in [3.8, 4) is 11.1 Å². The van der Waals surface area contributed by atoms with Gasteiger partial charge >= 0.3 is 0 Å². The van der Waals surface area contributed by atoms with Gasteiger partial charge < -0.3 is 21.3 Å². The fraction of sp³-hybridized carbons (Fsp3) is 0.529. The van der Waals surface area contributed by atoms with Gasteiger partial charge in [0.1, 0.15) is 12.1 Å². The maximum atomic E-state index is 13.0. The Morgan fingerprint density at radius 1 is 0.500 bits per heavy atom. The summed E-state index contributed by atoms with van der Waals surface area (Å²) in [5, 5.41) is 11.6. The molecule has 4 N–H and O–H groups in total. The van der Waals surface area contributed by atoms with Crippen molar-refractivity contribution in [3.63, 3.8) is 0 Å². The molecular formula is C34H50N4O4. The van der Waals surface area contributed by atoms with Crippen molar-refractivity contribution in [2.24, 2.45) is 23.7 Å². The summed E-state index contributed by atoms with van der Waals surface area (Å²) in [5.41, 5.74) is 3.20. The molecule has 0 bridgehead atoms. The van der Waals surface area contributed by atoms with E-state index < -0.39 is 12.1 Å². The second-order valence-corrected chi connectivity index (χ2v) is 12.8. The second-order valence-electron chi connectivity index (χ2n) is 12.8. The lowest BCUT2D eigenvalue weighted by Crippen LogP contribution is -2.44. The Morgan fingerprint density at radius 3 is 1.07 bits per heavy atom. The third-order valence-electron chi connectivity index (χ3n) is 6.54. The van der Waals surface area contributed by atoms with E-state index in [2.05, 4.69) is 21.3 Å². The molecule has 0 saturated heterocycles. The van der Waals surface area contributed by atoms with Crippen LogP contribution in [0.5, 0.6) is 0 Å². The number of nitrogens with one attached hydrogen (secondary N) is 4. The van der Waals surface area contributed by atoms with Crippen molar-refractivity contribution in [2.45, 2.75) is 93.2 Å². The zero-order valence-electron chi connectivity index (χ0n) is 26.5. The minimum Gasteiger partial charge on any atom is -0.344 e. The fourth-order valence-electron chi connectivity index (χ4n) is 4.60. The molecule has 1 unspecified atom stereocenters. The van der Waals surface area contributed by atoms with Crippen LogP contribution in [0.4, 0.5) is 11.4 Å². The predicted molar refractivity (Wildman–Crippen MR) is 171 cm³/mol. The van der Waals surface area contributed by atoms with Gasteiger partial charge in [0.25, 0.3) is 0 Å². The van der Waals surface area contributed by atoms with Crippen molar-refractivity contribution in [1.29, 1.82) is 0 Å². The minimum absolute atomic E-state index is 0.118. The molecule has 0 aliphatic heterocycles. The molecule has 0 aromatic heterocycles. The minimum atomic E-state index is -0.595.